The van der Waals surface area contributed by atoms with Crippen LogP contribution in [-0.4, -0.2) is 14.7 Å². The maximum Gasteiger partial charge on any atom is 0.264 e. The summed E-state index contributed by atoms with van der Waals surface area (Å²) >= 11 is 0. The summed E-state index contributed by atoms with van der Waals surface area (Å²) in [5.41, 5.74) is 0.0409. The van der Waals surface area contributed by atoms with Crippen molar-refractivity contribution in [2.24, 2.45) is 0 Å². The molecular formula is C9H10F2O3S. The maximum absolute atomic E-state index is 13.2. The van der Waals surface area contributed by atoms with E-state index in [4.69, 9.17) is 0 Å². The Hall–Kier alpha value is -1.01. The predicted octanol–water partition coefficient (Wildman–Crippen LogP) is 1.75. The minimum absolute atomic E-state index is 0.383. The number of aryl methyl sites for hydroxylation is 1. The lowest BCUT2D eigenvalue weighted by Gasteiger charge is -2.05. The Morgan fingerprint density at radius 2 is 1.73 bits per heavy atom. The third-order valence-corrected chi connectivity index (χ3v) is 2.25. The number of benzene rings is 1. The first kappa shape index (κ1) is 12.1. The van der Waals surface area contributed by atoms with Gasteiger partial charge in [0.25, 0.3) is 10.1 Å². The lowest BCUT2D eigenvalue weighted by molar-refractivity contribution is 0.299. The molecule has 6 heteroatoms. The maximum atomic E-state index is 13.2. The van der Waals surface area contributed by atoms with Gasteiger partial charge in [-0.3, -0.25) is 4.18 Å². The van der Waals surface area contributed by atoms with E-state index < -0.39 is 28.4 Å². The molecule has 1 aromatic rings. The minimum Gasteiger partial charge on any atom is -0.265 e. The van der Waals surface area contributed by atoms with Gasteiger partial charge in [0.2, 0.25) is 0 Å². The van der Waals surface area contributed by atoms with Crippen molar-refractivity contribution in [2.45, 2.75) is 13.5 Å². The van der Waals surface area contributed by atoms with E-state index in [-0.39, 0.29) is 5.56 Å². The molecule has 0 heterocycles. The summed E-state index contributed by atoms with van der Waals surface area (Å²) in [7, 11) is -3.70. The number of hydrogen-bond acceptors (Lipinski definition) is 3. The third kappa shape index (κ3) is 3.56. The minimum atomic E-state index is -3.70. The van der Waals surface area contributed by atoms with Gasteiger partial charge in [0.15, 0.2) is 0 Å². The molecule has 0 N–H and O–H groups in total. The van der Waals surface area contributed by atoms with Gasteiger partial charge in [-0.1, -0.05) is 0 Å². The number of hydrogen-bond donors (Lipinski definition) is 0. The molecule has 0 atom stereocenters. The summed E-state index contributed by atoms with van der Waals surface area (Å²) < 4.78 is 51.9. The van der Waals surface area contributed by atoms with E-state index in [1.54, 1.807) is 0 Å². The Morgan fingerprint density at radius 1 is 1.27 bits per heavy atom. The Kier molecular flexibility index (Phi) is 3.41. The summed E-state index contributed by atoms with van der Waals surface area (Å²) in [6, 6.07) is 2.23. The molecule has 0 aromatic heterocycles. The fraction of sp³-hybridized carbons (Fsp3) is 0.333. The Morgan fingerprint density at radius 3 is 2.13 bits per heavy atom. The first-order valence-corrected chi connectivity index (χ1v) is 5.90. The summed E-state index contributed by atoms with van der Waals surface area (Å²) in [5.74, 6) is -1.62. The first-order chi connectivity index (χ1) is 6.79. The van der Waals surface area contributed by atoms with E-state index in [9.17, 15) is 17.2 Å². The van der Waals surface area contributed by atoms with Crippen molar-refractivity contribution in [3.05, 3.63) is 34.9 Å². The highest BCUT2D eigenvalue weighted by Crippen LogP contribution is 2.16. The van der Waals surface area contributed by atoms with Crippen molar-refractivity contribution < 1.29 is 21.4 Å². The van der Waals surface area contributed by atoms with Crippen LogP contribution in [0.4, 0.5) is 8.78 Å². The van der Waals surface area contributed by atoms with E-state index >= 15 is 0 Å². The highest BCUT2D eigenvalue weighted by Gasteiger charge is 2.12. The SMILES string of the molecule is Cc1cc(F)c(COS(C)(=O)=O)c(F)c1. The lowest BCUT2D eigenvalue weighted by atomic mass is 10.1. The Balaban J connectivity index is 2.96. The van der Waals surface area contributed by atoms with E-state index in [0.717, 1.165) is 18.4 Å². The molecule has 0 unspecified atom stereocenters. The predicted molar refractivity (Wildman–Crippen MR) is 50.7 cm³/mol. The zero-order chi connectivity index (χ0) is 11.6. The second-order valence-corrected chi connectivity index (χ2v) is 4.82. The fourth-order valence-electron chi connectivity index (χ4n) is 1.03. The highest BCUT2D eigenvalue weighted by atomic mass is 32.2. The van der Waals surface area contributed by atoms with Crippen LogP contribution in [0.5, 0.6) is 0 Å². The second kappa shape index (κ2) is 4.24. The van der Waals surface area contributed by atoms with Gasteiger partial charge in [0, 0.05) is 0 Å². The van der Waals surface area contributed by atoms with Gasteiger partial charge in [-0.05, 0) is 24.6 Å². The van der Waals surface area contributed by atoms with Crippen molar-refractivity contribution in [3.8, 4) is 0 Å². The molecule has 15 heavy (non-hydrogen) atoms. The Bertz CT molecular complexity index is 445. The molecule has 1 rings (SSSR count). The van der Waals surface area contributed by atoms with Crippen LogP contribution >= 0.6 is 0 Å². The molecule has 0 saturated carbocycles. The quantitative estimate of drug-likeness (QED) is 0.751. The summed E-state index contributed by atoms with van der Waals surface area (Å²) in [6.07, 6.45) is 0.816. The molecule has 0 bridgehead atoms. The van der Waals surface area contributed by atoms with Crippen LogP contribution in [0.2, 0.25) is 0 Å². The van der Waals surface area contributed by atoms with Crippen molar-refractivity contribution in [3.63, 3.8) is 0 Å². The van der Waals surface area contributed by atoms with Gasteiger partial charge >= 0.3 is 0 Å². The van der Waals surface area contributed by atoms with Gasteiger partial charge in [0.1, 0.15) is 11.6 Å². The smallest absolute Gasteiger partial charge is 0.264 e. The van der Waals surface area contributed by atoms with Crippen LogP contribution < -0.4 is 0 Å². The van der Waals surface area contributed by atoms with Crippen LogP contribution in [0.1, 0.15) is 11.1 Å². The third-order valence-electron chi connectivity index (χ3n) is 1.70. The van der Waals surface area contributed by atoms with Gasteiger partial charge in [-0.2, -0.15) is 8.42 Å². The van der Waals surface area contributed by atoms with Crippen LogP contribution in [0.15, 0.2) is 12.1 Å². The van der Waals surface area contributed by atoms with Gasteiger partial charge in [-0.25, -0.2) is 8.78 Å². The molecule has 0 saturated heterocycles. The monoisotopic (exact) mass is 236 g/mol. The average molecular weight is 236 g/mol. The average Bonchev–Trinajstić information content (AvgIpc) is 1.99. The molecule has 0 aliphatic carbocycles. The fourth-order valence-corrected chi connectivity index (χ4v) is 1.37. The van der Waals surface area contributed by atoms with Crippen molar-refractivity contribution in [2.75, 3.05) is 6.26 Å². The lowest BCUT2D eigenvalue weighted by Crippen LogP contribution is -2.06. The van der Waals surface area contributed by atoms with Gasteiger partial charge in [0.05, 0.1) is 18.4 Å². The summed E-state index contributed by atoms with van der Waals surface area (Å²) in [4.78, 5) is 0. The molecule has 0 spiro atoms. The number of rotatable bonds is 3. The highest BCUT2D eigenvalue weighted by molar-refractivity contribution is 7.85. The van der Waals surface area contributed by atoms with E-state index in [2.05, 4.69) is 4.18 Å². The molecule has 0 amide bonds. The van der Waals surface area contributed by atoms with E-state index in [1.807, 2.05) is 0 Å². The normalized spacial score (nSPS) is 11.7. The molecule has 84 valence electrons. The largest absolute Gasteiger partial charge is 0.265 e. The van der Waals surface area contributed by atoms with Gasteiger partial charge in [-0.15, -0.1) is 0 Å². The number of halogens is 2. The van der Waals surface area contributed by atoms with Crippen LogP contribution in [-0.2, 0) is 20.9 Å². The zero-order valence-electron chi connectivity index (χ0n) is 8.25. The van der Waals surface area contributed by atoms with Crippen molar-refractivity contribution in [1.82, 2.24) is 0 Å². The van der Waals surface area contributed by atoms with Crippen LogP contribution in [0.25, 0.3) is 0 Å². The second-order valence-electron chi connectivity index (χ2n) is 3.17. The van der Waals surface area contributed by atoms with Crippen LogP contribution in [0, 0.1) is 18.6 Å². The molecule has 3 nitrogen and oxygen atoms in total. The standard InChI is InChI=1S/C9H10F2O3S/c1-6-3-8(10)7(9(11)4-6)5-14-15(2,12)13/h3-4H,5H2,1-2H3. The molecular weight excluding hydrogens is 226 g/mol. The molecule has 1 aromatic carbocycles. The van der Waals surface area contributed by atoms with Crippen molar-refractivity contribution in [1.29, 1.82) is 0 Å². The zero-order valence-corrected chi connectivity index (χ0v) is 9.07. The molecule has 0 aliphatic rings. The summed E-state index contributed by atoms with van der Waals surface area (Å²) in [5, 5.41) is 0. The Labute approximate surface area is 86.8 Å². The molecule has 0 aliphatic heterocycles. The summed E-state index contributed by atoms with van der Waals surface area (Å²) in [6.45, 7) is 0.907. The van der Waals surface area contributed by atoms with E-state index in [1.165, 1.54) is 6.92 Å². The van der Waals surface area contributed by atoms with Gasteiger partial charge < -0.3 is 0 Å². The van der Waals surface area contributed by atoms with Crippen molar-refractivity contribution >= 4 is 10.1 Å². The van der Waals surface area contributed by atoms with E-state index in [0.29, 0.717) is 5.56 Å². The molecule has 0 fully saturated rings. The molecule has 0 radical (unpaired) electrons. The first-order valence-electron chi connectivity index (χ1n) is 4.08. The van der Waals surface area contributed by atoms with Crippen LogP contribution in [0.3, 0.4) is 0 Å². The topological polar surface area (TPSA) is 43.4 Å².